The van der Waals surface area contributed by atoms with Crippen molar-refractivity contribution in [3.8, 4) is 44.5 Å². The molecule has 0 N–H and O–H groups in total. The molecule has 0 radical (unpaired) electrons. The Labute approximate surface area is 486 Å². The van der Waals surface area contributed by atoms with Crippen LogP contribution in [-0.2, 0) is 52.6 Å². The minimum absolute atomic E-state index is 0.0326. The minimum Gasteiger partial charge on any atom is -0.399 e. The highest BCUT2D eigenvalue weighted by Crippen LogP contribution is 2.43. The molecule has 0 amide bonds. The van der Waals surface area contributed by atoms with E-state index in [0.29, 0.717) is 0 Å². The molecule has 6 aromatic rings. The molecule has 78 heavy (non-hydrogen) atoms. The zero-order valence-electron chi connectivity index (χ0n) is 54.2. The van der Waals surface area contributed by atoms with E-state index >= 15 is 0 Å². The highest BCUT2D eigenvalue weighted by molar-refractivity contribution is 9.10. The van der Waals surface area contributed by atoms with Crippen molar-refractivity contribution in [3.05, 3.63) is 158 Å². The number of halogens is 1. The summed E-state index contributed by atoms with van der Waals surface area (Å²) in [7, 11) is -0.440. The van der Waals surface area contributed by atoms with E-state index in [9.17, 15) is 0 Å². The fraction of sp³-hybridized carbons (Fsp3) is 0.514. The lowest BCUT2D eigenvalue weighted by atomic mass is 9.74. The van der Waals surface area contributed by atoms with Gasteiger partial charge in [0.25, 0.3) is 0 Å². The first-order valence-corrected chi connectivity index (χ1v) is 29.8. The van der Waals surface area contributed by atoms with Gasteiger partial charge in [0.05, 0.1) is 11.2 Å². The normalized spacial score (nSPS) is 15.6. The summed E-state index contributed by atoms with van der Waals surface area (Å²) in [5, 5.41) is 0. The third kappa shape index (κ3) is 15.0. The molecule has 0 bridgehead atoms. The van der Waals surface area contributed by atoms with E-state index < -0.39 is 18.3 Å². The first-order valence-electron chi connectivity index (χ1n) is 29.0. The zero-order chi connectivity index (χ0) is 59.1. The van der Waals surface area contributed by atoms with E-state index in [1.165, 1.54) is 89.0 Å². The van der Waals surface area contributed by atoms with E-state index in [-0.39, 0.29) is 43.3 Å². The SMILES string of the molecule is CC(C)(C)c1cc(-c2cc(B3OC(C)(C)C(C)(C)O3)cc(-c3cc(C(C)(C)C)cc(C(C)(C)C)c3)c2)cc(C(C)(C)C)c1.CC(C)(C)c1cc(-c2cc(Br)cc(-c3cc(C(C)(C)C)cc(C(C)(C)C)c3)c2)cc(C(C)(C)C)c1. The average molecular weight is 1110 g/mol. The van der Waals surface area contributed by atoms with Crippen LogP contribution in [0.1, 0.15) is 238 Å². The maximum absolute atomic E-state index is 6.62. The van der Waals surface area contributed by atoms with Gasteiger partial charge in [0.2, 0.25) is 0 Å². The maximum atomic E-state index is 6.62. The molecule has 0 spiro atoms. The van der Waals surface area contributed by atoms with Gasteiger partial charge in [0.1, 0.15) is 0 Å². The second kappa shape index (κ2) is 21.3. The van der Waals surface area contributed by atoms with Gasteiger partial charge in [-0.25, -0.2) is 0 Å². The molecule has 7 rings (SSSR count). The van der Waals surface area contributed by atoms with Crippen LogP contribution < -0.4 is 5.46 Å². The van der Waals surface area contributed by atoms with E-state index in [4.69, 9.17) is 9.31 Å². The molecule has 0 saturated carbocycles. The molecule has 4 heteroatoms. The lowest BCUT2D eigenvalue weighted by Gasteiger charge is -2.32. The molecule has 0 atom stereocenters. The smallest absolute Gasteiger partial charge is 0.399 e. The standard InChI is InChI=1S/C40H57BO2.C34H45Br/c1-35(2,3)30-18-28(19-31(24-30)36(4,5)6)26-17-27(23-34(22-26)41-42-39(13,14)40(15,16)43-41)29-20-32(37(7,8)9)25-33(21-29)38(10,11)12;1-31(2,3)26-14-24(15-27(20-26)32(4,5)6)22-13-23(19-30(35)18-22)25-16-28(33(7,8)9)21-29(17-25)34(10,11)12/h17-25H,1-16H3;13-21H,1-12H3. The lowest BCUT2D eigenvalue weighted by molar-refractivity contribution is 0.00578. The zero-order valence-corrected chi connectivity index (χ0v) is 55.8. The Morgan fingerprint density at radius 3 is 0.603 bits per heavy atom. The summed E-state index contributed by atoms with van der Waals surface area (Å²) in [5.74, 6) is 0. The van der Waals surface area contributed by atoms with Crippen LogP contribution in [0.15, 0.2) is 114 Å². The average Bonchev–Trinajstić information content (AvgIpc) is 3.51. The van der Waals surface area contributed by atoms with Gasteiger partial charge >= 0.3 is 7.12 Å². The lowest BCUT2D eigenvalue weighted by Crippen LogP contribution is -2.41. The summed E-state index contributed by atoms with van der Waals surface area (Å²) in [6.45, 7) is 63.8. The van der Waals surface area contributed by atoms with Gasteiger partial charge in [-0.3, -0.25) is 0 Å². The highest BCUT2D eigenvalue weighted by atomic mass is 79.9. The van der Waals surface area contributed by atoms with Gasteiger partial charge in [-0.2, -0.15) is 0 Å². The van der Waals surface area contributed by atoms with Crippen molar-refractivity contribution >= 4 is 28.5 Å². The van der Waals surface area contributed by atoms with Crippen molar-refractivity contribution in [3.63, 3.8) is 0 Å². The fourth-order valence-corrected chi connectivity index (χ4v) is 10.2. The minimum atomic E-state index is -0.440. The predicted molar refractivity (Wildman–Crippen MR) is 348 cm³/mol. The predicted octanol–water partition coefficient (Wildman–Crippen LogP) is 21.5. The van der Waals surface area contributed by atoms with Crippen molar-refractivity contribution in [2.24, 2.45) is 0 Å². The molecule has 0 unspecified atom stereocenters. The Morgan fingerprint density at radius 2 is 0.423 bits per heavy atom. The third-order valence-corrected chi connectivity index (χ3v) is 16.8. The van der Waals surface area contributed by atoms with Crippen molar-refractivity contribution in [2.75, 3.05) is 0 Å². The van der Waals surface area contributed by atoms with E-state index in [2.05, 4.69) is 319 Å². The molecule has 2 nitrogen and oxygen atoms in total. The Hall–Kier alpha value is -4.22. The van der Waals surface area contributed by atoms with Gasteiger partial charge in [0, 0.05) is 4.47 Å². The summed E-state index contributed by atoms with van der Waals surface area (Å²) in [5.41, 5.74) is 21.6. The molecule has 420 valence electrons. The Kier molecular flexibility index (Phi) is 17.2. The van der Waals surface area contributed by atoms with E-state index in [1.54, 1.807) is 0 Å². The summed E-state index contributed by atoms with van der Waals surface area (Å²) in [6, 6.07) is 42.5. The monoisotopic (exact) mass is 1110 g/mol. The Bertz CT molecular complexity index is 2810. The first kappa shape index (κ1) is 63.0. The fourth-order valence-electron chi connectivity index (χ4n) is 9.66. The number of hydrogen-bond acceptors (Lipinski definition) is 2. The number of hydrogen-bond donors (Lipinski definition) is 0. The second-order valence-corrected chi connectivity index (χ2v) is 33.3. The van der Waals surface area contributed by atoms with E-state index in [1.807, 2.05) is 0 Å². The molecule has 6 aromatic carbocycles. The Balaban J connectivity index is 0.000000258. The van der Waals surface area contributed by atoms with Crippen LogP contribution in [0.3, 0.4) is 0 Å². The summed E-state index contributed by atoms with van der Waals surface area (Å²) in [6.07, 6.45) is 0. The largest absolute Gasteiger partial charge is 0.494 e. The molecule has 0 aliphatic carbocycles. The van der Waals surface area contributed by atoms with Crippen LogP contribution in [0.5, 0.6) is 0 Å². The summed E-state index contributed by atoms with van der Waals surface area (Å²) < 4.78 is 14.4. The molecule has 1 aliphatic heterocycles. The second-order valence-electron chi connectivity index (χ2n) is 32.4. The van der Waals surface area contributed by atoms with Gasteiger partial charge in [-0.05, 0) is 190 Å². The quantitative estimate of drug-likeness (QED) is 0.160. The number of rotatable bonds is 5. The van der Waals surface area contributed by atoms with Crippen LogP contribution in [-0.4, -0.2) is 18.3 Å². The van der Waals surface area contributed by atoms with Crippen LogP contribution in [0.2, 0.25) is 0 Å². The third-order valence-electron chi connectivity index (χ3n) is 16.4. The number of benzene rings is 6. The van der Waals surface area contributed by atoms with Crippen LogP contribution in [0.25, 0.3) is 44.5 Å². The topological polar surface area (TPSA) is 18.5 Å². The van der Waals surface area contributed by atoms with Crippen molar-refractivity contribution in [1.82, 2.24) is 0 Å². The van der Waals surface area contributed by atoms with Crippen molar-refractivity contribution in [2.45, 2.75) is 248 Å². The highest BCUT2D eigenvalue weighted by Gasteiger charge is 2.52. The molecule has 0 aromatic heterocycles. The summed E-state index contributed by atoms with van der Waals surface area (Å²) in [4.78, 5) is 0. The molecular formula is C74H102BBrO2. The molecular weight excluding hydrogens is 1010 g/mol. The van der Waals surface area contributed by atoms with Gasteiger partial charge in [0.15, 0.2) is 0 Å². The van der Waals surface area contributed by atoms with Gasteiger partial charge < -0.3 is 9.31 Å². The summed E-state index contributed by atoms with van der Waals surface area (Å²) >= 11 is 3.84. The van der Waals surface area contributed by atoms with Crippen molar-refractivity contribution < 1.29 is 9.31 Å². The van der Waals surface area contributed by atoms with Crippen molar-refractivity contribution in [1.29, 1.82) is 0 Å². The van der Waals surface area contributed by atoms with Gasteiger partial charge in [-0.15, -0.1) is 0 Å². The first-order chi connectivity index (χ1) is 35.0. The van der Waals surface area contributed by atoms with Crippen LogP contribution in [0, 0.1) is 0 Å². The van der Waals surface area contributed by atoms with Gasteiger partial charge in [-0.1, -0.05) is 267 Å². The Morgan fingerprint density at radius 1 is 0.256 bits per heavy atom. The molecule has 1 fully saturated rings. The van der Waals surface area contributed by atoms with Crippen LogP contribution >= 0.6 is 15.9 Å². The molecule has 1 heterocycles. The maximum Gasteiger partial charge on any atom is 0.494 e. The molecule has 1 saturated heterocycles. The van der Waals surface area contributed by atoms with Crippen LogP contribution in [0.4, 0.5) is 0 Å². The van der Waals surface area contributed by atoms with E-state index in [0.717, 1.165) is 9.94 Å². The molecule has 1 aliphatic rings.